The molecule has 1 aromatic rings. The number of rotatable bonds is 4. The summed E-state index contributed by atoms with van der Waals surface area (Å²) in [4.78, 5) is 2.30. The summed E-state index contributed by atoms with van der Waals surface area (Å²) in [7, 11) is 1.73. The van der Waals surface area contributed by atoms with E-state index in [9.17, 15) is 13.2 Å². The van der Waals surface area contributed by atoms with Crippen molar-refractivity contribution in [1.29, 1.82) is 0 Å². The zero-order chi connectivity index (χ0) is 17.2. The Bertz CT molecular complexity index is 555. The molecule has 3 nitrogen and oxygen atoms in total. The van der Waals surface area contributed by atoms with Gasteiger partial charge in [0.15, 0.2) is 0 Å². The van der Waals surface area contributed by atoms with Gasteiger partial charge in [-0.2, -0.15) is 13.2 Å². The fourth-order valence-electron chi connectivity index (χ4n) is 4.29. The molecular formula is C18H25F3N2O. The molecule has 134 valence electrons. The maximum absolute atomic E-state index is 12.9. The molecule has 0 radical (unpaired) electrons. The van der Waals surface area contributed by atoms with Crippen LogP contribution in [-0.4, -0.2) is 44.8 Å². The first kappa shape index (κ1) is 17.7. The van der Waals surface area contributed by atoms with E-state index >= 15 is 0 Å². The number of piperidine rings is 1. The minimum Gasteiger partial charge on any atom is -0.384 e. The Hall–Kier alpha value is -1.11. The number of hydrogen-bond acceptors (Lipinski definition) is 3. The van der Waals surface area contributed by atoms with Crippen LogP contribution in [0.15, 0.2) is 24.3 Å². The van der Waals surface area contributed by atoms with Gasteiger partial charge in [0, 0.05) is 32.7 Å². The average Bonchev–Trinajstić information content (AvgIpc) is 2.85. The summed E-state index contributed by atoms with van der Waals surface area (Å²) in [5.41, 5.74) is 0.402. The summed E-state index contributed by atoms with van der Waals surface area (Å²) in [5.74, 6) is 0.454. The number of alkyl halides is 3. The number of ether oxygens (including phenoxy) is 1. The van der Waals surface area contributed by atoms with Gasteiger partial charge < -0.3 is 10.1 Å². The molecule has 0 bridgehead atoms. The van der Waals surface area contributed by atoms with Gasteiger partial charge in [0.05, 0.1) is 12.2 Å². The van der Waals surface area contributed by atoms with E-state index in [1.54, 1.807) is 13.2 Å². The van der Waals surface area contributed by atoms with Gasteiger partial charge in [-0.25, -0.2) is 0 Å². The first-order chi connectivity index (χ1) is 11.4. The van der Waals surface area contributed by atoms with Crippen LogP contribution in [0.3, 0.4) is 0 Å². The minimum atomic E-state index is -4.28. The lowest BCUT2D eigenvalue weighted by Gasteiger charge is -2.38. The van der Waals surface area contributed by atoms with Crippen molar-refractivity contribution >= 4 is 0 Å². The van der Waals surface area contributed by atoms with E-state index in [0.717, 1.165) is 57.3 Å². The van der Waals surface area contributed by atoms with Gasteiger partial charge in [0.2, 0.25) is 0 Å². The Labute approximate surface area is 141 Å². The first-order valence-electron chi connectivity index (χ1n) is 8.51. The maximum atomic E-state index is 12.9. The van der Waals surface area contributed by atoms with Gasteiger partial charge in [0.1, 0.15) is 0 Å². The summed E-state index contributed by atoms with van der Waals surface area (Å²) < 4.78 is 44.1. The number of likely N-dealkylation sites (tertiary alicyclic amines) is 1. The molecule has 2 aliphatic rings. The Morgan fingerprint density at radius 1 is 1.29 bits per heavy atom. The molecule has 2 heterocycles. The Morgan fingerprint density at radius 3 is 2.71 bits per heavy atom. The summed E-state index contributed by atoms with van der Waals surface area (Å²) in [6, 6.07) is 5.70. The van der Waals surface area contributed by atoms with Crippen LogP contribution in [0.25, 0.3) is 0 Å². The van der Waals surface area contributed by atoms with Crippen LogP contribution in [0.2, 0.25) is 0 Å². The average molecular weight is 342 g/mol. The number of nitrogens with one attached hydrogen (secondary N) is 1. The van der Waals surface area contributed by atoms with E-state index in [1.807, 2.05) is 0 Å². The summed E-state index contributed by atoms with van der Waals surface area (Å²) in [6.45, 7) is 5.15. The molecule has 1 unspecified atom stereocenters. The molecule has 0 aliphatic carbocycles. The van der Waals surface area contributed by atoms with Gasteiger partial charge >= 0.3 is 6.18 Å². The Morgan fingerprint density at radius 2 is 2.04 bits per heavy atom. The topological polar surface area (TPSA) is 24.5 Å². The van der Waals surface area contributed by atoms with Crippen molar-refractivity contribution in [2.24, 2.45) is 11.3 Å². The maximum Gasteiger partial charge on any atom is 0.416 e. The van der Waals surface area contributed by atoms with Crippen molar-refractivity contribution in [2.75, 3.05) is 39.9 Å². The third kappa shape index (κ3) is 3.76. The summed E-state index contributed by atoms with van der Waals surface area (Å²) in [5, 5.41) is 3.40. The molecule has 6 heteroatoms. The molecule has 1 spiro atoms. The number of benzene rings is 1. The van der Waals surface area contributed by atoms with Crippen LogP contribution in [-0.2, 0) is 17.5 Å². The predicted octanol–water partition coefficient (Wildman–Crippen LogP) is 3.15. The Balaban J connectivity index is 1.72. The standard InChI is InChI=1S/C18H25F3N2O/c1-24-12-16-11-23(13-17(16)5-7-22-8-6-17)10-14-3-2-4-15(9-14)18(19,20)21/h2-4,9,16,22H,5-8,10-13H2,1H3. The smallest absolute Gasteiger partial charge is 0.384 e. The van der Waals surface area contributed by atoms with Crippen molar-refractivity contribution in [1.82, 2.24) is 10.2 Å². The van der Waals surface area contributed by atoms with E-state index < -0.39 is 11.7 Å². The third-order valence-corrected chi connectivity index (χ3v) is 5.51. The zero-order valence-corrected chi connectivity index (χ0v) is 14.0. The van der Waals surface area contributed by atoms with Crippen molar-refractivity contribution in [2.45, 2.75) is 25.6 Å². The molecular weight excluding hydrogens is 317 g/mol. The van der Waals surface area contributed by atoms with E-state index in [-0.39, 0.29) is 5.41 Å². The van der Waals surface area contributed by atoms with Crippen molar-refractivity contribution in [3.8, 4) is 0 Å². The van der Waals surface area contributed by atoms with Crippen molar-refractivity contribution in [3.05, 3.63) is 35.4 Å². The fourth-order valence-corrected chi connectivity index (χ4v) is 4.29. The largest absolute Gasteiger partial charge is 0.416 e. The second-order valence-corrected chi connectivity index (χ2v) is 7.13. The van der Waals surface area contributed by atoms with Gasteiger partial charge in [-0.3, -0.25) is 4.90 Å². The normalized spacial score (nSPS) is 24.6. The third-order valence-electron chi connectivity index (χ3n) is 5.51. The van der Waals surface area contributed by atoms with Gasteiger partial charge in [0.25, 0.3) is 0 Å². The second kappa shape index (κ2) is 7.02. The van der Waals surface area contributed by atoms with E-state index in [1.165, 1.54) is 12.1 Å². The van der Waals surface area contributed by atoms with Crippen molar-refractivity contribution < 1.29 is 17.9 Å². The SMILES string of the molecule is COCC1CN(Cc2cccc(C(F)(F)F)c2)CC12CCNCC2. The predicted molar refractivity (Wildman–Crippen MR) is 86.6 cm³/mol. The van der Waals surface area contributed by atoms with Gasteiger partial charge in [-0.05, 0) is 43.0 Å². The monoisotopic (exact) mass is 342 g/mol. The van der Waals surface area contributed by atoms with Crippen LogP contribution in [0.5, 0.6) is 0 Å². The van der Waals surface area contributed by atoms with Crippen LogP contribution < -0.4 is 5.32 Å². The van der Waals surface area contributed by atoms with Gasteiger partial charge in [-0.15, -0.1) is 0 Å². The lowest BCUT2D eigenvalue weighted by Crippen LogP contribution is -2.43. The molecule has 0 aromatic heterocycles. The molecule has 1 N–H and O–H groups in total. The molecule has 3 rings (SSSR count). The van der Waals surface area contributed by atoms with Crippen LogP contribution >= 0.6 is 0 Å². The highest BCUT2D eigenvalue weighted by Crippen LogP contribution is 2.44. The van der Waals surface area contributed by atoms with Crippen molar-refractivity contribution in [3.63, 3.8) is 0 Å². The van der Waals surface area contributed by atoms with Crippen LogP contribution in [0.4, 0.5) is 13.2 Å². The molecule has 1 atom stereocenters. The molecule has 2 saturated heterocycles. The van der Waals surface area contributed by atoms with E-state index in [2.05, 4.69) is 10.2 Å². The highest BCUT2D eigenvalue weighted by molar-refractivity contribution is 5.25. The molecule has 2 fully saturated rings. The fraction of sp³-hybridized carbons (Fsp3) is 0.667. The second-order valence-electron chi connectivity index (χ2n) is 7.13. The lowest BCUT2D eigenvalue weighted by molar-refractivity contribution is -0.137. The number of hydrogen-bond donors (Lipinski definition) is 1. The van der Waals surface area contributed by atoms with Crippen LogP contribution in [0, 0.1) is 11.3 Å². The zero-order valence-electron chi connectivity index (χ0n) is 14.0. The minimum absolute atomic E-state index is 0.239. The number of halogens is 3. The number of nitrogens with zero attached hydrogens (tertiary/aromatic N) is 1. The van der Waals surface area contributed by atoms with Gasteiger partial charge in [-0.1, -0.05) is 18.2 Å². The molecule has 24 heavy (non-hydrogen) atoms. The molecule has 0 saturated carbocycles. The highest BCUT2D eigenvalue weighted by atomic mass is 19.4. The molecule has 1 aromatic carbocycles. The summed E-state index contributed by atoms with van der Waals surface area (Å²) in [6.07, 6.45) is -2.06. The molecule has 2 aliphatic heterocycles. The highest BCUT2D eigenvalue weighted by Gasteiger charge is 2.46. The van der Waals surface area contributed by atoms with E-state index in [4.69, 9.17) is 4.74 Å². The van der Waals surface area contributed by atoms with E-state index in [0.29, 0.717) is 12.5 Å². The first-order valence-corrected chi connectivity index (χ1v) is 8.51. The Kier molecular flexibility index (Phi) is 5.18. The quantitative estimate of drug-likeness (QED) is 0.910. The van der Waals surface area contributed by atoms with Crippen LogP contribution in [0.1, 0.15) is 24.0 Å². The molecule has 0 amide bonds. The number of methoxy groups -OCH3 is 1. The lowest BCUT2D eigenvalue weighted by atomic mass is 9.71. The summed E-state index contributed by atoms with van der Waals surface area (Å²) >= 11 is 0.